The van der Waals surface area contributed by atoms with Crippen LogP contribution < -0.4 is 5.32 Å². The van der Waals surface area contributed by atoms with Gasteiger partial charge in [-0.1, -0.05) is 5.16 Å². The number of rotatable bonds is 2. The summed E-state index contributed by atoms with van der Waals surface area (Å²) in [5, 5.41) is 9.31. The molecule has 0 bridgehead atoms. The standard InChI is InChI=1S/C11H14N4OS/c1-11(3-2-4-12-6-11)10-14-9(15-16-10)8-5-17-7-13-8/h5,7,12H,2-4,6H2,1H3. The second-order valence-corrected chi connectivity index (χ2v) is 5.36. The van der Waals surface area contributed by atoms with E-state index in [2.05, 4.69) is 27.4 Å². The molecule has 0 saturated carbocycles. The highest BCUT2D eigenvalue weighted by Gasteiger charge is 2.34. The lowest BCUT2D eigenvalue weighted by molar-refractivity contribution is 0.245. The van der Waals surface area contributed by atoms with Gasteiger partial charge in [0.05, 0.1) is 10.9 Å². The van der Waals surface area contributed by atoms with Crippen LogP contribution >= 0.6 is 11.3 Å². The SMILES string of the molecule is CC1(c2nc(-c3cscn3)no2)CCCNC1. The Morgan fingerprint density at radius 3 is 3.18 bits per heavy atom. The van der Waals surface area contributed by atoms with E-state index >= 15 is 0 Å². The van der Waals surface area contributed by atoms with E-state index in [1.165, 1.54) is 11.3 Å². The molecule has 0 aliphatic carbocycles. The molecule has 3 heterocycles. The van der Waals surface area contributed by atoms with E-state index in [0.717, 1.165) is 31.6 Å². The van der Waals surface area contributed by atoms with Gasteiger partial charge >= 0.3 is 0 Å². The van der Waals surface area contributed by atoms with E-state index in [4.69, 9.17) is 4.52 Å². The Bertz CT molecular complexity index is 487. The fourth-order valence-electron chi connectivity index (χ4n) is 2.13. The first-order valence-corrected chi connectivity index (χ1v) is 6.66. The molecule has 0 spiro atoms. The molecule has 1 saturated heterocycles. The molecule has 1 fully saturated rings. The van der Waals surface area contributed by atoms with Crippen LogP contribution in [0.2, 0.25) is 0 Å². The number of thiazole rings is 1. The molecule has 0 amide bonds. The predicted molar refractivity (Wildman–Crippen MR) is 64.9 cm³/mol. The molecular weight excluding hydrogens is 236 g/mol. The van der Waals surface area contributed by atoms with E-state index in [1.54, 1.807) is 5.51 Å². The molecule has 0 radical (unpaired) electrons. The third-order valence-electron chi connectivity index (χ3n) is 3.20. The van der Waals surface area contributed by atoms with Crippen LogP contribution in [0.3, 0.4) is 0 Å². The van der Waals surface area contributed by atoms with Gasteiger partial charge in [-0.15, -0.1) is 11.3 Å². The molecular formula is C11H14N4OS. The van der Waals surface area contributed by atoms with Crippen LogP contribution in [0.5, 0.6) is 0 Å². The van der Waals surface area contributed by atoms with Crippen molar-refractivity contribution in [2.24, 2.45) is 0 Å². The van der Waals surface area contributed by atoms with Crippen molar-refractivity contribution < 1.29 is 4.52 Å². The van der Waals surface area contributed by atoms with Gasteiger partial charge in [-0.2, -0.15) is 4.98 Å². The first-order chi connectivity index (χ1) is 8.28. The van der Waals surface area contributed by atoms with Gasteiger partial charge in [0.2, 0.25) is 11.7 Å². The normalized spacial score (nSPS) is 25.0. The van der Waals surface area contributed by atoms with Crippen molar-refractivity contribution in [3.8, 4) is 11.5 Å². The quantitative estimate of drug-likeness (QED) is 0.881. The Hall–Kier alpha value is -1.27. The van der Waals surface area contributed by atoms with Gasteiger partial charge in [0.25, 0.3) is 0 Å². The van der Waals surface area contributed by atoms with Crippen molar-refractivity contribution in [3.63, 3.8) is 0 Å². The van der Waals surface area contributed by atoms with Crippen LogP contribution in [0.25, 0.3) is 11.5 Å². The Morgan fingerprint density at radius 2 is 2.47 bits per heavy atom. The minimum absolute atomic E-state index is 0.0421. The first-order valence-electron chi connectivity index (χ1n) is 5.71. The molecule has 1 aliphatic heterocycles. The van der Waals surface area contributed by atoms with E-state index in [9.17, 15) is 0 Å². The van der Waals surface area contributed by atoms with Crippen molar-refractivity contribution >= 4 is 11.3 Å². The molecule has 1 aliphatic rings. The van der Waals surface area contributed by atoms with Gasteiger partial charge in [-0.3, -0.25) is 0 Å². The largest absolute Gasteiger partial charge is 0.338 e. The van der Waals surface area contributed by atoms with Crippen molar-refractivity contribution in [1.29, 1.82) is 0 Å². The third-order valence-corrected chi connectivity index (χ3v) is 3.79. The Balaban J connectivity index is 1.89. The van der Waals surface area contributed by atoms with E-state index in [0.29, 0.717) is 11.7 Å². The Morgan fingerprint density at radius 1 is 1.53 bits per heavy atom. The summed E-state index contributed by atoms with van der Waals surface area (Å²) < 4.78 is 5.39. The number of hydrogen-bond donors (Lipinski definition) is 1. The summed E-state index contributed by atoms with van der Waals surface area (Å²) in [7, 11) is 0. The Labute approximate surface area is 103 Å². The van der Waals surface area contributed by atoms with Crippen LogP contribution in [-0.2, 0) is 5.41 Å². The number of hydrogen-bond acceptors (Lipinski definition) is 6. The first kappa shape index (κ1) is 10.9. The molecule has 0 aromatic carbocycles. The molecule has 90 valence electrons. The van der Waals surface area contributed by atoms with Crippen molar-refractivity contribution in [3.05, 3.63) is 16.8 Å². The maximum Gasteiger partial charge on any atom is 0.234 e. The second kappa shape index (κ2) is 4.19. The summed E-state index contributed by atoms with van der Waals surface area (Å²) in [6.45, 7) is 4.13. The monoisotopic (exact) mass is 250 g/mol. The highest BCUT2D eigenvalue weighted by molar-refractivity contribution is 7.07. The fraction of sp³-hybridized carbons (Fsp3) is 0.545. The summed E-state index contributed by atoms with van der Waals surface area (Å²) in [5.41, 5.74) is 2.52. The number of aromatic nitrogens is 3. The van der Waals surface area contributed by atoms with Gasteiger partial charge in [0.1, 0.15) is 5.69 Å². The molecule has 6 heteroatoms. The summed E-state index contributed by atoms with van der Waals surface area (Å²) >= 11 is 1.53. The third kappa shape index (κ3) is 1.98. The summed E-state index contributed by atoms with van der Waals surface area (Å²) in [4.78, 5) is 8.66. The van der Waals surface area contributed by atoms with Gasteiger partial charge < -0.3 is 9.84 Å². The topological polar surface area (TPSA) is 63.8 Å². The summed E-state index contributed by atoms with van der Waals surface area (Å²) in [6, 6.07) is 0. The molecule has 3 rings (SSSR count). The maximum absolute atomic E-state index is 5.39. The van der Waals surface area contributed by atoms with Gasteiger partial charge in [0.15, 0.2) is 0 Å². The second-order valence-electron chi connectivity index (χ2n) is 4.64. The van der Waals surface area contributed by atoms with Gasteiger partial charge in [-0.25, -0.2) is 4.98 Å². The maximum atomic E-state index is 5.39. The number of nitrogens with zero attached hydrogens (tertiary/aromatic N) is 3. The molecule has 2 aromatic heterocycles. The lowest BCUT2D eigenvalue weighted by Crippen LogP contribution is -2.41. The van der Waals surface area contributed by atoms with Crippen LogP contribution in [0.15, 0.2) is 15.4 Å². The van der Waals surface area contributed by atoms with Gasteiger partial charge in [0, 0.05) is 11.9 Å². The molecule has 1 atom stereocenters. The van der Waals surface area contributed by atoms with E-state index in [-0.39, 0.29) is 5.41 Å². The highest BCUT2D eigenvalue weighted by Crippen LogP contribution is 2.30. The van der Waals surface area contributed by atoms with E-state index < -0.39 is 0 Å². The van der Waals surface area contributed by atoms with E-state index in [1.807, 2.05) is 5.38 Å². The molecule has 2 aromatic rings. The van der Waals surface area contributed by atoms with Crippen molar-refractivity contribution in [2.45, 2.75) is 25.2 Å². The molecule has 1 N–H and O–H groups in total. The van der Waals surface area contributed by atoms with Crippen molar-refractivity contribution in [2.75, 3.05) is 13.1 Å². The average molecular weight is 250 g/mol. The fourth-order valence-corrected chi connectivity index (χ4v) is 2.66. The molecule has 17 heavy (non-hydrogen) atoms. The van der Waals surface area contributed by atoms with Crippen LogP contribution in [0, 0.1) is 0 Å². The number of piperidine rings is 1. The molecule has 5 nitrogen and oxygen atoms in total. The smallest absolute Gasteiger partial charge is 0.234 e. The lowest BCUT2D eigenvalue weighted by Gasteiger charge is -2.30. The van der Waals surface area contributed by atoms with Crippen LogP contribution in [-0.4, -0.2) is 28.2 Å². The average Bonchev–Trinajstić information content (AvgIpc) is 3.01. The van der Waals surface area contributed by atoms with Gasteiger partial charge in [-0.05, 0) is 26.3 Å². The Kier molecular flexibility index (Phi) is 2.68. The summed E-state index contributed by atoms with van der Waals surface area (Å²) in [6.07, 6.45) is 2.23. The predicted octanol–water partition coefficient (Wildman–Crippen LogP) is 1.83. The highest BCUT2D eigenvalue weighted by atomic mass is 32.1. The van der Waals surface area contributed by atoms with Crippen LogP contribution in [0.4, 0.5) is 0 Å². The minimum atomic E-state index is -0.0421. The zero-order valence-electron chi connectivity index (χ0n) is 9.64. The summed E-state index contributed by atoms with van der Waals surface area (Å²) in [5.74, 6) is 1.31. The van der Waals surface area contributed by atoms with Crippen LogP contribution in [0.1, 0.15) is 25.7 Å². The zero-order valence-corrected chi connectivity index (χ0v) is 10.5. The molecule has 1 unspecified atom stereocenters. The number of nitrogens with one attached hydrogen (secondary N) is 1. The van der Waals surface area contributed by atoms with Crippen molar-refractivity contribution in [1.82, 2.24) is 20.4 Å². The zero-order chi connectivity index (χ0) is 11.7. The lowest BCUT2D eigenvalue weighted by atomic mass is 9.83. The minimum Gasteiger partial charge on any atom is -0.338 e.